The van der Waals surface area contributed by atoms with E-state index in [4.69, 9.17) is 14.9 Å². The number of hydrogen-bond donors (Lipinski definition) is 3. The molecule has 1 unspecified atom stereocenters. The molecule has 1 atom stereocenters. The lowest BCUT2D eigenvalue weighted by Gasteiger charge is -2.21. The second-order valence-electron chi connectivity index (χ2n) is 7.41. The van der Waals surface area contributed by atoms with E-state index in [0.717, 1.165) is 19.6 Å². The van der Waals surface area contributed by atoms with Crippen LogP contribution in [0.3, 0.4) is 0 Å². The number of rotatable bonds is 11. The summed E-state index contributed by atoms with van der Waals surface area (Å²) in [6, 6.07) is 21.9. The van der Waals surface area contributed by atoms with Gasteiger partial charge in [0.05, 0.1) is 12.7 Å². The molecule has 0 fully saturated rings. The third kappa shape index (κ3) is 12.4. The second-order valence-corrected chi connectivity index (χ2v) is 7.41. The number of hydrogen-bond acceptors (Lipinski definition) is 4. The van der Waals surface area contributed by atoms with E-state index in [-0.39, 0.29) is 0 Å². The van der Waals surface area contributed by atoms with Crippen molar-refractivity contribution in [1.82, 2.24) is 5.32 Å². The molecule has 2 rings (SSSR count). The van der Waals surface area contributed by atoms with E-state index >= 15 is 0 Å². The van der Waals surface area contributed by atoms with Crippen LogP contribution in [-0.2, 0) is 14.3 Å². The van der Waals surface area contributed by atoms with Gasteiger partial charge >= 0.3 is 11.9 Å². The summed E-state index contributed by atoms with van der Waals surface area (Å²) in [5, 5.41) is 19.2. The summed E-state index contributed by atoms with van der Waals surface area (Å²) in [5.74, 6) is -2.08. The van der Waals surface area contributed by atoms with E-state index in [1.165, 1.54) is 11.1 Å². The zero-order valence-corrected chi connectivity index (χ0v) is 18.4. The van der Waals surface area contributed by atoms with E-state index in [2.05, 4.69) is 86.8 Å². The van der Waals surface area contributed by atoms with Crippen molar-refractivity contribution in [2.24, 2.45) is 0 Å². The minimum absolute atomic E-state index is 0.292. The van der Waals surface area contributed by atoms with Gasteiger partial charge in [0.2, 0.25) is 0 Å². The Labute approximate surface area is 184 Å². The third-order valence-electron chi connectivity index (χ3n) is 4.38. The molecular formula is C25H33NO5. The lowest BCUT2D eigenvalue weighted by atomic mass is 9.88. The number of benzene rings is 2. The van der Waals surface area contributed by atoms with E-state index in [1.807, 2.05) is 0 Å². The lowest BCUT2D eigenvalue weighted by Crippen LogP contribution is -2.33. The van der Waals surface area contributed by atoms with Gasteiger partial charge in [-0.25, -0.2) is 9.59 Å². The van der Waals surface area contributed by atoms with E-state index in [9.17, 15) is 9.59 Å². The first-order valence-electron chi connectivity index (χ1n) is 10.4. The average molecular weight is 428 g/mol. The zero-order valence-electron chi connectivity index (χ0n) is 18.4. The average Bonchev–Trinajstić information content (AvgIpc) is 2.75. The smallest absolute Gasteiger partial charge is 0.328 e. The van der Waals surface area contributed by atoms with Crippen LogP contribution in [0.4, 0.5) is 0 Å². The van der Waals surface area contributed by atoms with Gasteiger partial charge in [-0.05, 0) is 44.9 Å². The van der Waals surface area contributed by atoms with Crippen LogP contribution in [-0.4, -0.2) is 47.4 Å². The Bertz CT molecular complexity index is 735. The summed E-state index contributed by atoms with van der Waals surface area (Å²) >= 11 is 0. The molecule has 168 valence electrons. The Kier molecular flexibility index (Phi) is 12.6. The molecule has 0 saturated heterocycles. The van der Waals surface area contributed by atoms with Gasteiger partial charge in [0.1, 0.15) is 0 Å². The maximum absolute atomic E-state index is 9.55. The molecule has 2 aromatic carbocycles. The van der Waals surface area contributed by atoms with Crippen LogP contribution in [0.1, 0.15) is 44.2 Å². The Hall–Kier alpha value is -2.96. The predicted molar refractivity (Wildman–Crippen MR) is 122 cm³/mol. The molecule has 0 aliphatic carbocycles. The van der Waals surface area contributed by atoms with E-state index in [1.54, 1.807) is 0 Å². The summed E-state index contributed by atoms with van der Waals surface area (Å²) in [6.07, 6.45) is 2.49. The molecule has 31 heavy (non-hydrogen) atoms. The van der Waals surface area contributed by atoms with Crippen LogP contribution in [0.15, 0.2) is 72.8 Å². The quantitative estimate of drug-likeness (QED) is 0.462. The van der Waals surface area contributed by atoms with Gasteiger partial charge in [-0.2, -0.15) is 0 Å². The first-order valence-corrected chi connectivity index (χ1v) is 10.4. The molecule has 0 bridgehead atoms. The van der Waals surface area contributed by atoms with Crippen molar-refractivity contribution in [1.29, 1.82) is 0 Å². The first-order chi connectivity index (χ1) is 14.8. The van der Waals surface area contributed by atoms with Gasteiger partial charge in [0.15, 0.2) is 0 Å². The normalized spacial score (nSPS) is 11.9. The minimum atomic E-state index is -1.26. The zero-order chi connectivity index (χ0) is 23.1. The maximum Gasteiger partial charge on any atom is 0.328 e. The molecular weight excluding hydrogens is 394 g/mol. The highest BCUT2D eigenvalue weighted by Crippen LogP contribution is 2.27. The molecule has 0 aliphatic rings. The van der Waals surface area contributed by atoms with Crippen LogP contribution in [0.25, 0.3) is 0 Å². The standard InChI is InChI=1S/C21H29NO.C4H4O4/c1-17(2)23-16-18(3)22-15-14-21(19-10-6-4-7-11-19)20-12-8-5-9-13-20;5-3(6)1-2-4(7)8/h4-13,17-18,21-22H,14-16H2,1-3H3;1-2H,(H,5,6)(H,7,8)/b;2-1+. The maximum atomic E-state index is 9.55. The van der Waals surface area contributed by atoms with Gasteiger partial charge in [-0.1, -0.05) is 60.7 Å². The van der Waals surface area contributed by atoms with E-state index < -0.39 is 11.9 Å². The van der Waals surface area contributed by atoms with E-state index in [0.29, 0.717) is 30.2 Å². The van der Waals surface area contributed by atoms with Gasteiger partial charge in [-0.3, -0.25) is 0 Å². The number of ether oxygens (including phenoxy) is 1. The highest BCUT2D eigenvalue weighted by Gasteiger charge is 2.14. The molecule has 6 nitrogen and oxygen atoms in total. The van der Waals surface area contributed by atoms with Gasteiger partial charge < -0.3 is 20.3 Å². The largest absolute Gasteiger partial charge is 0.478 e. The monoisotopic (exact) mass is 427 g/mol. The lowest BCUT2D eigenvalue weighted by molar-refractivity contribution is -0.134. The number of nitrogens with one attached hydrogen (secondary N) is 1. The van der Waals surface area contributed by atoms with Crippen molar-refractivity contribution >= 4 is 11.9 Å². The van der Waals surface area contributed by atoms with Gasteiger partial charge in [0, 0.05) is 24.1 Å². The topological polar surface area (TPSA) is 95.9 Å². The van der Waals surface area contributed by atoms with Crippen molar-refractivity contribution in [2.75, 3.05) is 13.2 Å². The summed E-state index contributed by atoms with van der Waals surface area (Å²) in [4.78, 5) is 19.1. The SMILES string of the molecule is CC(COC(C)C)NCCC(c1ccccc1)c1ccccc1.O=C(O)/C=C/C(=O)O. The fourth-order valence-corrected chi connectivity index (χ4v) is 2.91. The second kappa shape index (κ2) is 14.9. The van der Waals surface area contributed by atoms with Crippen LogP contribution >= 0.6 is 0 Å². The molecule has 0 aliphatic heterocycles. The fraction of sp³-hybridized carbons (Fsp3) is 0.360. The van der Waals surface area contributed by atoms with Gasteiger partial charge in [0.25, 0.3) is 0 Å². The Morgan fingerprint density at radius 2 is 1.32 bits per heavy atom. The predicted octanol–water partition coefficient (Wildman–Crippen LogP) is 4.32. The molecule has 0 amide bonds. The minimum Gasteiger partial charge on any atom is -0.478 e. The summed E-state index contributed by atoms with van der Waals surface area (Å²) in [5.41, 5.74) is 2.76. The van der Waals surface area contributed by atoms with Crippen molar-refractivity contribution in [3.63, 3.8) is 0 Å². The summed E-state index contributed by atoms with van der Waals surface area (Å²) in [7, 11) is 0. The van der Waals surface area contributed by atoms with Crippen LogP contribution in [0, 0.1) is 0 Å². The summed E-state index contributed by atoms with van der Waals surface area (Å²) in [6.45, 7) is 8.08. The van der Waals surface area contributed by atoms with Crippen molar-refractivity contribution < 1.29 is 24.5 Å². The summed E-state index contributed by atoms with van der Waals surface area (Å²) < 4.78 is 5.67. The number of carboxylic acids is 2. The number of carboxylic acid groups (broad SMARTS) is 2. The molecule has 6 heteroatoms. The molecule has 3 N–H and O–H groups in total. The molecule has 0 heterocycles. The third-order valence-corrected chi connectivity index (χ3v) is 4.38. The van der Waals surface area contributed by atoms with Gasteiger partial charge in [-0.15, -0.1) is 0 Å². The Morgan fingerprint density at radius 3 is 1.71 bits per heavy atom. The fourth-order valence-electron chi connectivity index (χ4n) is 2.91. The molecule has 2 aromatic rings. The van der Waals surface area contributed by atoms with Crippen molar-refractivity contribution in [2.45, 2.75) is 45.3 Å². The highest BCUT2D eigenvalue weighted by molar-refractivity contribution is 5.89. The van der Waals surface area contributed by atoms with Crippen LogP contribution in [0.5, 0.6) is 0 Å². The Morgan fingerprint density at radius 1 is 0.871 bits per heavy atom. The number of aliphatic carboxylic acids is 2. The number of carbonyl (C=O) groups is 2. The Balaban J connectivity index is 0.000000512. The molecule has 0 saturated carbocycles. The van der Waals surface area contributed by atoms with Crippen molar-refractivity contribution in [3.05, 3.63) is 83.9 Å². The molecule has 0 spiro atoms. The molecule has 0 aromatic heterocycles. The molecule has 0 radical (unpaired) electrons. The first kappa shape index (κ1) is 26.1. The van der Waals surface area contributed by atoms with Crippen LogP contribution in [0.2, 0.25) is 0 Å². The van der Waals surface area contributed by atoms with Crippen molar-refractivity contribution in [3.8, 4) is 0 Å². The van der Waals surface area contributed by atoms with Crippen LogP contribution < -0.4 is 5.32 Å². The highest BCUT2D eigenvalue weighted by atomic mass is 16.5.